The number of hydrogen-bond donors (Lipinski definition) is 2. The second kappa shape index (κ2) is 5.73. The molecule has 1 heterocycles. The third-order valence-electron chi connectivity index (χ3n) is 3.16. The fourth-order valence-corrected chi connectivity index (χ4v) is 2.03. The number of nitrogens with one attached hydrogen (secondary N) is 1. The fraction of sp³-hybridized carbons (Fsp3) is 0.357. The van der Waals surface area contributed by atoms with E-state index < -0.39 is 0 Å². The Bertz CT molecular complexity index is 607. The van der Waals surface area contributed by atoms with Crippen LogP contribution in [0.5, 0.6) is 11.5 Å². The molecule has 0 radical (unpaired) electrons. The van der Waals surface area contributed by atoms with Gasteiger partial charge in [-0.25, -0.2) is 0 Å². The standard InChI is InChI=1S/C14H20N4O2/c1-5-10-13(15)14(18(2)17-10)16-11-7-6-9(19-3)8-12(11)20-4/h6-8,16H,5,15H2,1-4H3. The van der Waals surface area contributed by atoms with Crippen LogP contribution in [0.1, 0.15) is 12.6 Å². The van der Waals surface area contributed by atoms with Gasteiger partial charge in [-0.15, -0.1) is 0 Å². The Kier molecular flexibility index (Phi) is 4.02. The summed E-state index contributed by atoms with van der Waals surface area (Å²) in [5, 5.41) is 7.64. The van der Waals surface area contributed by atoms with Gasteiger partial charge >= 0.3 is 0 Å². The molecule has 0 aliphatic heterocycles. The minimum Gasteiger partial charge on any atom is -0.497 e. The number of benzene rings is 1. The summed E-state index contributed by atoms with van der Waals surface area (Å²) in [6, 6.07) is 5.56. The molecule has 6 heteroatoms. The SMILES string of the molecule is CCc1nn(C)c(Nc2ccc(OC)cc2OC)c1N. The van der Waals surface area contributed by atoms with Gasteiger partial charge in [0, 0.05) is 13.1 Å². The van der Waals surface area contributed by atoms with Crippen LogP contribution in [0.25, 0.3) is 0 Å². The van der Waals surface area contributed by atoms with E-state index in [0.717, 1.165) is 29.4 Å². The zero-order valence-corrected chi connectivity index (χ0v) is 12.2. The molecule has 0 amide bonds. The summed E-state index contributed by atoms with van der Waals surface area (Å²) in [5.74, 6) is 2.17. The van der Waals surface area contributed by atoms with Crippen molar-refractivity contribution < 1.29 is 9.47 Å². The van der Waals surface area contributed by atoms with Crippen molar-refractivity contribution in [2.75, 3.05) is 25.3 Å². The van der Waals surface area contributed by atoms with Gasteiger partial charge in [-0.05, 0) is 18.6 Å². The van der Waals surface area contributed by atoms with Crippen LogP contribution in [0.2, 0.25) is 0 Å². The monoisotopic (exact) mass is 276 g/mol. The number of nitrogens with zero attached hydrogens (tertiary/aromatic N) is 2. The van der Waals surface area contributed by atoms with Crippen molar-refractivity contribution in [1.29, 1.82) is 0 Å². The highest BCUT2D eigenvalue weighted by Crippen LogP contribution is 2.33. The largest absolute Gasteiger partial charge is 0.497 e. The average Bonchev–Trinajstić information content (AvgIpc) is 2.74. The number of anilines is 3. The Morgan fingerprint density at radius 1 is 1.30 bits per heavy atom. The molecular weight excluding hydrogens is 256 g/mol. The molecule has 0 unspecified atom stereocenters. The molecule has 0 bridgehead atoms. The van der Waals surface area contributed by atoms with Crippen LogP contribution in [-0.4, -0.2) is 24.0 Å². The van der Waals surface area contributed by atoms with E-state index in [1.54, 1.807) is 18.9 Å². The van der Waals surface area contributed by atoms with Crippen molar-refractivity contribution in [2.45, 2.75) is 13.3 Å². The van der Waals surface area contributed by atoms with Crippen LogP contribution >= 0.6 is 0 Å². The van der Waals surface area contributed by atoms with E-state index in [1.165, 1.54) is 0 Å². The first kappa shape index (κ1) is 14.0. The van der Waals surface area contributed by atoms with E-state index >= 15 is 0 Å². The van der Waals surface area contributed by atoms with Crippen molar-refractivity contribution in [2.24, 2.45) is 7.05 Å². The minimum atomic E-state index is 0.660. The molecule has 0 saturated heterocycles. The first-order valence-corrected chi connectivity index (χ1v) is 6.41. The third-order valence-corrected chi connectivity index (χ3v) is 3.16. The van der Waals surface area contributed by atoms with E-state index in [4.69, 9.17) is 15.2 Å². The lowest BCUT2D eigenvalue weighted by Gasteiger charge is -2.13. The highest BCUT2D eigenvalue weighted by atomic mass is 16.5. The molecule has 0 aliphatic rings. The molecular formula is C14H20N4O2. The number of nitrogens with two attached hydrogens (primary N) is 1. The topological polar surface area (TPSA) is 74.3 Å². The molecule has 2 aromatic rings. The molecule has 6 nitrogen and oxygen atoms in total. The molecule has 1 aromatic heterocycles. The number of rotatable bonds is 5. The number of methoxy groups -OCH3 is 2. The Labute approximate surface area is 118 Å². The quantitative estimate of drug-likeness (QED) is 0.876. The molecule has 0 fully saturated rings. The predicted molar refractivity (Wildman–Crippen MR) is 79.8 cm³/mol. The van der Waals surface area contributed by atoms with Crippen LogP contribution < -0.4 is 20.5 Å². The minimum absolute atomic E-state index is 0.660. The molecule has 3 N–H and O–H groups in total. The third kappa shape index (κ3) is 2.49. The predicted octanol–water partition coefficient (Wildman–Crippen LogP) is 2.33. The van der Waals surface area contributed by atoms with Crippen LogP contribution in [0.3, 0.4) is 0 Å². The van der Waals surface area contributed by atoms with E-state index in [0.29, 0.717) is 11.4 Å². The van der Waals surface area contributed by atoms with Gasteiger partial charge in [-0.2, -0.15) is 5.10 Å². The van der Waals surface area contributed by atoms with E-state index in [2.05, 4.69) is 10.4 Å². The van der Waals surface area contributed by atoms with Gasteiger partial charge in [0.1, 0.15) is 11.5 Å². The fourth-order valence-electron chi connectivity index (χ4n) is 2.03. The van der Waals surface area contributed by atoms with Crippen molar-refractivity contribution in [3.05, 3.63) is 23.9 Å². The molecule has 1 aromatic carbocycles. The highest BCUT2D eigenvalue weighted by Gasteiger charge is 2.14. The first-order valence-electron chi connectivity index (χ1n) is 6.41. The molecule has 20 heavy (non-hydrogen) atoms. The summed E-state index contributed by atoms with van der Waals surface area (Å²) in [4.78, 5) is 0. The summed E-state index contributed by atoms with van der Waals surface area (Å²) in [6.45, 7) is 2.02. The maximum Gasteiger partial charge on any atom is 0.152 e. The molecule has 0 saturated carbocycles. The maximum absolute atomic E-state index is 6.10. The number of aromatic nitrogens is 2. The van der Waals surface area contributed by atoms with E-state index in [-0.39, 0.29) is 0 Å². The zero-order chi connectivity index (χ0) is 14.7. The van der Waals surface area contributed by atoms with Gasteiger partial charge in [0.05, 0.1) is 31.3 Å². The lowest BCUT2D eigenvalue weighted by atomic mass is 10.2. The summed E-state index contributed by atoms with van der Waals surface area (Å²) in [5.41, 5.74) is 8.45. The van der Waals surface area contributed by atoms with Crippen LogP contribution in [-0.2, 0) is 13.5 Å². The Morgan fingerprint density at radius 3 is 2.60 bits per heavy atom. The van der Waals surface area contributed by atoms with Crippen molar-refractivity contribution >= 4 is 17.2 Å². The van der Waals surface area contributed by atoms with Crippen LogP contribution in [0.4, 0.5) is 17.2 Å². The maximum atomic E-state index is 6.10. The Balaban J connectivity index is 2.37. The number of nitrogen functional groups attached to an aromatic ring is 1. The summed E-state index contributed by atoms with van der Waals surface area (Å²) >= 11 is 0. The zero-order valence-electron chi connectivity index (χ0n) is 12.2. The molecule has 0 atom stereocenters. The molecule has 0 spiro atoms. The van der Waals surface area contributed by atoms with Gasteiger partial charge in [0.25, 0.3) is 0 Å². The normalized spacial score (nSPS) is 10.4. The number of aryl methyl sites for hydroxylation is 2. The van der Waals surface area contributed by atoms with Gasteiger partial charge < -0.3 is 20.5 Å². The number of hydrogen-bond acceptors (Lipinski definition) is 5. The van der Waals surface area contributed by atoms with E-state index in [9.17, 15) is 0 Å². The first-order chi connectivity index (χ1) is 9.60. The Hall–Kier alpha value is -2.37. The van der Waals surface area contributed by atoms with Crippen molar-refractivity contribution in [3.63, 3.8) is 0 Å². The molecule has 2 rings (SSSR count). The smallest absolute Gasteiger partial charge is 0.152 e. The average molecular weight is 276 g/mol. The molecule has 0 aliphatic carbocycles. The lowest BCUT2D eigenvalue weighted by molar-refractivity contribution is 0.395. The summed E-state index contributed by atoms with van der Waals surface area (Å²) < 4.78 is 12.3. The number of ether oxygens (including phenoxy) is 2. The summed E-state index contributed by atoms with van der Waals surface area (Å²) in [7, 11) is 5.09. The van der Waals surface area contributed by atoms with E-state index in [1.807, 2.05) is 32.2 Å². The Morgan fingerprint density at radius 2 is 2.05 bits per heavy atom. The van der Waals surface area contributed by atoms with Crippen molar-refractivity contribution in [3.8, 4) is 11.5 Å². The van der Waals surface area contributed by atoms with Crippen molar-refractivity contribution in [1.82, 2.24) is 9.78 Å². The summed E-state index contributed by atoms with van der Waals surface area (Å²) in [6.07, 6.45) is 0.793. The lowest BCUT2D eigenvalue weighted by Crippen LogP contribution is -2.03. The molecule has 108 valence electrons. The van der Waals surface area contributed by atoms with Crippen LogP contribution in [0.15, 0.2) is 18.2 Å². The highest BCUT2D eigenvalue weighted by molar-refractivity contribution is 5.74. The van der Waals surface area contributed by atoms with Gasteiger partial charge in [0.15, 0.2) is 5.82 Å². The second-order valence-corrected chi connectivity index (χ2v) is 4.38. The second-order valence-electron chi connectivity index (χ2n) is 4.38. The van der Waals surface area contributed by atoms with Gasteiger partial charge in [-0.1, -0.05) is 6.92 Å². The van der Waals surface area contributed by atoms with Gasteiger partial charge in [-0.3, -0.25) is 4.68 Å². The van der Waals surface area contributed by atoms with Crippen LogP contribution in [0, 0.1) is 0 Å². The van der Waals surface area contributed by atoms with Gasteiger partial charge in [0.2, 0.25) is 0 Å².